The van der Waals surface area contributed by atoms with Crippen molar-refractivity contribution in [2.75, 3.05) is 7.05 Å². The zero-order valence-corrected chi connectivity index (χ0v) is 17.1. The van der Waals surface area contributed by atoms with Gasteiger partial charge >= 0.3 is 18.9 Å². The first-order valence-corrected chi connectivity index (χ1v) is 9.79. The molecule has 0 aliphatic rings. The molecule has 0 atom stereocenters. The van der Waals surface area contributed by atoms with Crippen LogP contribution < -0.4 is 24.0 Å². The van der Waals surface area contributed by atoms with Gasteiger partial charge in [0, 0.05) is 31.0 Å². The van der Waals surface area contributed by atoms with Crippen LogP contribution in [0.25, 0.3) is 5.69 Å². The van der Waals surface area contributed by atoms with Gasteiger partial charge in [0.25, 0.3) is 10.0 Å². The maximum Gasteiger partial charge on any atom is 1.00 e. The third-order valence-corrected chi connectivity index (χ3v) is 5.83. The topological polar surface area (TPSA) is 82.4 Å². The van der Waals surface area contributed by atoms with Crippen LogP contribution in [0.15, 0.2) is 71.9 Å². The fourth-order valence-corrected chi connectivity index (χ4v) is 3.60. The summed E-state index contributed by atoms with van der Waals surface area (Å²) in [6.45, 7) is 1.87. The van der Waals surface area contributed by atoms with Gasteiger partial charge in [-0.25, -0.2) is 12.7 Å². The van der Waals surface area contributed by atoms with Gasteiger partial charge in [-0.2, -0.15) is 0 Å². The summed E-state index contributed by atoms with van der Waals surface area (Å²) in [6.07, 6.45) is 3.36. The van der Waals surface area contributed by atoms with Crippen LogP contribution in [-0.4, -0.2) is 30.3 Å². The fourth-order valence-electron chi connectivity index (χ4n) is 2.64. The summed E-state index contributed by atoms with van der Waals surface area (Å²) in [5, 5.41) is 11.5. The average molecular weight is 400 g/mol. The summed E-state index contributed by atoms with van der Waals surface area (Å²) >= 11 is 0. The predicted molar refractivity (Wildman–Crippen MR) is 103 cm³/mol. The molecule has 0 fully saturated rings. The van der Waals surface area contributed by atoms with E-state index in [2.05, 4.69) is 12.0 Å². The van der Waals surface area contributed by atoms with E-state index in [1.54, 1.807) is 47.3 Å². The van der Waals surface area contributed by atoms with E-state index in [-0.39, 0.29) is 29.3 Å². The van der Waals surface area contributed by atoms with E-state index in [1.807, 2.05) is 6.92 Å². The molecule has 0 bridgehead atoms. The van der Waals surface area contributed by atoms with Crippen LogP contribution >= 0.6 is 0 Å². The predicted octanol–water partition coefficient (Wildman–Crippen LogP) is -1.22. The van der Waals surface area contributed by atoms with Crippen molar-refractivity contribution in [3.05, 3.63) is 83.7 Å². The molecule has 0 N–H and O–H groups in total. The molecule has 2 aromatic carbocycles. The normalized spacial score (nSPS) is 10.4. The Morgan fingerprint density at radius 1 is 1.03 bits per heavy atom. The van der Waals surface area contributed by atoms with Gasteiger partial charge in [0.2, 0.25) is 0 Å². The first-order chi connectivity index (χ1) is 13.3. The minimum Gasteiger partial charge on any atom is -0.545 e. The number of sulfonamides is 1. The Bertz CT molecular complexity index is 1180. The molecule has 0 spiro atoms. The van der Waals surface area contributed by atoms with Crippen LogP contribution in [0.5, 0.6) is 0 Å². The van der Waals surface area contributed by atoms with Gasteiger partial charge in [-0.15, -0.1) is 0 Å². The summed E-state index contributed by atoms with van der Waals surface area (Å²) in [4.78, 5) is 11.6. The molecular formula is C21H17LiN2O4S. The number of hydrogen-bond donors (Lipinski definition) is 0. The number of carboxylic acids is 1. The van der Waals surface area contributed by atoms with Crippen molar-refractivity contribution in [1.82, 2.24) is 8.87 Å². The zero-order valence-electron chi connectivity index (χ0n) is 16.3. The summed E-state index contributed by atoms with van der Waals surface area (Å²) in [5.41, 5.74) is 1.60. The summed E-state index contributed by atoms with van der Waals surface area (Å²) in [7, 11) is -2.45. The maximum atomic E-state index is 12.7. The Balaban J connectivity index is 0.00000300. The van der Waals surface area contributed by atoms with Crippen LogP contribution in [0.3, 0.4) is 0 Å². The van der Waals surface area contributed by atoms with Crippen molar-refractivity contribution in [2.24, 2.45) is 0 Å². The van der Waals surface area contributed by atoms with Gasteiger partial charge in [-0.1, -0.05) is 29.8 Å². The molecule has 0 unspecified atom stereocenters. The summed E-state index contributed by atoms with van der Waals surface area (Å²) in [5.74, 6) is 1.43. The largest absolute Gasteiger partial charge is 1.00 e. The number of carbonyl (C=O) groups excluding carboxylic acids is 1. The number of nitrogens with zero attached hydrogens (tertiary/aromatic N) is 2. The molecule has 8 heteroatoms. The number of aromatic carboxylic acids is 1. The quantitative estimate of drug-likeness (QED) is 0.312. The fraction of sp³-hybridized carbons (Fsp3) is 0.0952. The number of carboxylic acid groups (broad SMARTS) is 1. The minimum atomic E-state index is -3.79. The SMILES string of the molecule is Cc1ccc(S(=O)(=O)N(C)C#Cc2cccc(C(=O)[O-])c2-n2cccc2)cc1.[Li+]. The van der Waals surface area contributed by atoms with E-state index in [4.69, 9.17) is 0 Å². The van der Waals surface area contributed by atoms with Gasteiger partial charge in [-0.05, 0) is 43.2 Å². The Kier molecular flexibility index (Phi) is 7.00. The first kappa shape index (κ1) is 22.4. The van der Waals surface area contributed by atoms with Gasteiger partial charge < -0.3 is 14.5 Å². The molecule has 0 amide bonds. The van der Waals surface area contributed by atoms with Crippen molar-refractivity contribution in [3.63, 3.8) is 0 Å². The Morgan fingerprint density at radius 3 is 2.24 bits per heavy atom. The third kappa shape index (κ3) is 4.75. The second kappa shape index (κ2) is 9.06. The maximum absolute atomic E-state index is 12.7. The standard InChI is InChI=1S/C21H18N2O4S.Li/c1-16-8-10-18(11-9-16)28(26,27)22(2)15-12-17-6-5-7-19(21(24)25)20(17)23-13-3-4-14-23;/h3-11,13-14H,1-2H3,(H,24,25);/q;+1/p-1. The molecule has 1 aromatic heterocycles. The Hall–Kier alpha value is -2.90. The molecule has 29 heavy (non-hydrogen) atoms. The van der Waals surface area contributed by atoms with E-state index < -0.39 is 16.0 Å². The molecule has 0 saturated heterocycles. The molecular weight excluding hydrogens is 383 g/mol. The number of hydrogen-bond acceptors (Lipinski definition) is 4. The number of para-hydroxylation sites is 1. The van der Waals surface area contributed by atoms with Crippen molar-refractivity contribution in [2.45, 2.75) is 11.8 Å². The second-order valence-electron chi connectivity index (χ2n) is 6.10. The number of rotatable bonds is 4. The van der Waals surface area contributed by atoms with Crippen molar-refractivity contribution in [1.29, 1.82) is 0 Å². The van der Waals surface area contributed by atoms with Crippen LogP contribution in [0, 0.1) is 18.9 Å². The first-order valence-electron chi connectivity index (χ1n) is 8.35. The summed E-state index contributed by atoms with van der Waals surface area (Å²) in [6, 6.07) is 17.1. The van der Waals surface area contributed by atoms with E-state index in [0.29, 0.717) is 11.3 Å². The van der Waals surface area contributed by atoms with Crippen LogP contribution in [-0.2, 0) is 10.0 Å². The molecule has 0 saturated carbocycles. The number of aromatic nitrogens is 1. The van der Waals surface area contributed by atoms with E-state index in [1.165, 1.54) is 31.3 Å². The van der Waals surface area contributed by atoms with Crippen LogP contribution in [0.2, 0.25) is 0 Å². The molecule has 0 aliphatic carbocycles. The number of aryl methyl sites for hydroxylation is 1. The van der Waals surface area contributed by atoms with Crippen LogP contribution in [0.1, 0.15) is 21.5 Å². The van der Waals surface area contributed by atoms with Crippen molar-refractivity contribution < 1.29 is 37.2 Å². The molecule has 0 aliphatic heterocycles. The molecule has 6 nitrogen and oxygen atoms in total. The van der Waals surface area contributed by atoms with Crippen molar-refractivity contribution in [3.8, 4) is 17.7 Å². The smallest absolute Gasteiger partial charge is 0.545 e. The molecule has 0 radical (unpaired) electrons. The zero-order chi connectivity index (χ0) is 20.3. The minimum absolute atomic E-state index is 0. The van der Waals surface area contributed by atoms with Gasteiger partial charge in [0.1, 0.15) is 0 Å². The van der Waals surface area contributed by atoms with Gasteiger partial charge in [0.15, 0.2) is 0 Å². The van der Waals surface area contributed by atoms with E-state index in [0.717, 1.165) is 9.87 Å². The molecule has 142 valence electrons. The van der Waals surface area contributed by atoms with Gasteiger partial charge in [0.05, 0.1) is 22.1 Å². The molecule has 1 heterocycles. The monoisotopic (exact) mass is 400 g/mol. The third-order valence-electron chi connectivity index (χ3n) is 4.15. The Labute approximate surface area is 182 Å². The second-order valence-corrected chi connectivity index (χ2v) is 8.07. The number of carbonyl (C=O) groups is 1. The molecule has 3 aromatic rings. The molecule has 3 rings (SSSR count). The van der Waals surface area contributed by atoms with Crippen molar-refractivity contribution >= 4 is 16.0 Å². The summed E-state index contributed by atoms with van der Waals surface area (Å²) < 4.78 is 27.9. The average Bonchev–Trinajstić information content (AvgIpc) is 3.20. The Morgan fingerprint density at radius 2 is 1.66 bits per heavy atom. The van der Waals surface area contributed by atoms with E-state index >= 15 is 0 Å². The van der Waals surface area contributed by atoms with Gasteiger partial charge in [-0.3, -0.25) is 0 Å². The number of benzene rings is 2. The van der Waals surface area contributed by atoms with Crippen LogP contribution in [0.4, 0.5) is 0 Å². The van der Waals surface area contributed by atoms with E-state index in [9.17, 15) is 18.3 Å².